The molecule has 3 N–H and O–H groups in total. The van der Waals surface area contributed by atoms with Crippen LogP contribution in [-0.2, 0) is 19.4 Å². The number of aromatic nitrogens is 2. The summed E-state index contributed by atoms with van der Waals surface area (Å²) in [6.45, 7) is 2.48. The Labute approximate surface area is 183 Å². The summed E-state index contributed by atoms with van der Waals surface area (Å²) in [5.74, 6) is 2.19. The van der Waals surface area contributed by atoms with Gasteiger partial charge in [-0.15, -0.1) is 0 Å². The third-order valence-corrected chi connectivity index (χ3v) is 6.36. The smallest absolute Gasteiger partial charge is 0.222 e. The predicted octanol–water partition coefficient (Wildman–Crippen LogP) is 3.59. The van der Waals surface area contributed by atoms with Crippen LogP contribution in [0.3, 0.4) is 0 Å². The van der Waals surface area contributed by atoms with E-state index in [0.29, 0.717) is 18.6 Å². The summed E-state index contributed by atoms with van der Waals surface area (Å²) in [7, 11) is 2.02. The van der Waals surface area contributed by atoms with Crippen molar-refractivity contribution in [2.45, 2.75) is 38.3 Å². The average molecular weight is 416 g/mol. The second kappa shape index (κ2) is 8.55. The minimum absolute atomic E-state index is 0.338. The molecule has 5 rings (SSSR count). The number of hydrogen-bond acceptors (Lipinski definition) is 6. The van der Waals surface area contributed by atoms with E-state index in [1.165, 1.54) is 11.1 Å². The van der Waals surface area contributed by atoms with Crippen molar-refractivity contribution in [3.63, 3.8) is 0 Å². The van der Waals surface area contributed by atoms with Crippen LogP contribution in [0.2, 0.25) is 0 Å². The third-order valence-electron chi connectivity index (χ3n) is 6.36. The number of nitrogens with zero attached hydrogens (tertiary/aromatic N) is 3. The van der Waals surface area contributed by atoms with Crippen LogP contribution in [0.4, 0.5) is 11.8 Å². The van der Waals surface area contributed by atoms with Crippen LogP contribution in [0.15, 0.2) is 48.5 Å². The molecule has 160 valence electrons. The molecular formula is C25H29N5O. The first-order valence-corrected chi connectivity index (χ1v) is 11.1. The van der Waals surface area contributed by atoms with Gasteiger partial charge < -0.3 is 20.7 Å². The Morgan fingerprint density at radius 1 is 1.13 bits per heavy atom. The minimum atomic E-state index is 0.338. The molecule has 0 spiro atoms. The number of nitrogens with two attached hydrogens (primary N) is 1. The standard InChI is InChI=1S/C25H29N5O/c1-27-19-12-13-30(15-19)24-21-9-5-8-18-10-11-20(31-16-17-6-3-2-4-7-17)14-22(18)23(21)28-25(26)29-24/h2-4,6-7,10-11,14,19,27H,5,8-9,12-13,15-16H2,1H3,(H2,26,28,29). The summed E-state index contributed by atoms with van der Waals surface area (Å²) in [4.78, 5) is 11.8. The maximum atomic E-state index is 6.20. The van der Waals surface area contributed by atoms with Crippen LogP contribution < -0.4 is 20.7 Å². The number of rotatable bonds is 5. The molecule has 2 aliphatic rings. The molecule has 0 bridgehead atoms. The highest BCUT2D eigenvalue weighted by Crippen LogP contribution is 2.38. The van der Waals surface area contributed by atoms with Gasteiger partial charge >= 0.3 is 0 Å². The first-order valence-electron chi connectivity index (χ1n) is 11.1. The predicted molar refractivity (Wildman–Crippen MR) is 124 cm³/mol. The first-order chi connectivity index (χ1) is 15.2. The third kappa shape index (κ3) is 4.08. The molecule has 3 aromatic rings. The van der Waals surface area contributed by atoms with Gasteiger partial charge in [-0.25, -0.2) is 4.98 Å². The second-order valence-corrected chi connectivity index (χ2v) is 8.40. The van der Waals surface area contributed by atoms with E-state index in [-0.39, 0.29) is 0 Å². The normalized spacial score (nSPS) is 17.7. The number of anilines is 2. The molecule has 0 saturated carbocycles. The van der Waals surface area contributed by atoms with E-state index in [1.807, 2.05) is 25.2 Å². The van der Waals surface area contributed by atoms with Crippen LogP contribution in [0.1, 0.15) is 29.5 Å². The van der Waals surface area contributed by atoms with Gasteiger partial charge in [-0.2, -0.15) is 4.98 Å². The summed E-state index contributed by atoms with van der Waals surface area (Å²) < 4.78 is 6.11. The zero-order valence-corrected chi connectivity index (χ0v) is 18.0. The number of aryl methyl sites for hydroxylation is 1. The lowest BCUT2D eigenvalue weighted by molar-refractivity contribution is 0.306. The maximum Gasteiger partial charge on any atom is 0.222 e. The number of hydrogen-bond donors (Lipinski definition) is 2. The quantitative estimate of drug-likeness (QED) is 0.663. The molecule has 1 aliphatic heterocycles. The zero-order chi connectivity index (χ0) is 21.2. The van der Waals surface area contributed by atoms with Crippen molar-refractivity contribution in [3.8, 4) is 17.0 Å². The number of ether oxygens (including phenoxy) is 1. The largest absolute Gasteiger partial charge is 0.489 e. The lowest BCUT2D eigenvalue weighted by Gasteiger charge is -2.22. The highest BCUT2D eigenvalue weighted by molar-refractivity contribution is 5.75. The minimum Gasteiger partial charge on any atom is -0.489 e. The lowest BCUT2D eigenvalue weighted by Crippen LogP contribution is -2.30. The Kier molecular flexibility index (Phi) is 5.47. The van der Waals surface area contributed by atoms with Crippen LogP contribution in [0.25, 0.3) is 11.3 Å². The van der Waals surface area contributed by atoms with E-state index in [9.17, 15) is 0 Å². The molecule has 0 amide bonds. The SMILES string of the molecule is CNC1CCN(c2nc(N)nc3c2CCCc2ccc(OCc4ccccc4)cc2-3)C1. The van der Waals surface area contributed by atoms with E-state index in [2.05, 4.69) is 45.5 Å². The Morgan fingerprint density at radius 2 is 2.00 bits per heavy atom. The van der Waals surface area contributed by atoms with Crippen LogP contribution in [-0.4, -0.2) is 36.1 Å². The Bertz CT molecular complexity index is 1070. The van der Waals surface area contributed by atoms with Crippen molar-refractivity contribution >= 4 is 11.8 Å². The molecule has 1 aromatic heterocycles. The summed E-state index contributed by atoms with van der Waals surface area (Å²) in [6.07, 6.45) is 4.17. The van der Waals surface area contributed by atoms with E-state index < -0.39 is 0 Å². The molecule has 1 aliphatic carbocycles. The van der Waals surface area contributed by atoms with Gasteiger partial charge in [-0.3, -0.25) is 0 Å². The fourth-order valence-electron chi connectivity index (χ4n) is 4.67. The molecular weight excluding hydrogens is 386 g/mol. The second-order valence-electron chi connectivity index (χ2n) is 8.40. The Hall–Kier alpha value is -3.12. The highest BCUT2D eigenvalue weighted by atomic mass is 16.5. The average Bonchev–Trinajstić information content (AvgIpc) is 3.21. The number of likely N-dealkylation sites (N-methyl/N-ethyl adjacent to an activating group) is 1. The summed E-state index contributed by atoms with van der Waals surface area (Å²) >= 11 is 0. The van der Waals surface area contributed by atoms with Gasteiger partial charge in [0.25, 0.3) is 0 Å². The van der Waals surface area contributed by atoms with E-state index >= 15 is 0 Å². The molecule has 1 fully saturated rings. The number of nitrogen functional groups attached to an aromatic ring is 1. The molecule has 2 aromatic carbocycles. The van der Waals surface area contributed by atoms with Crippen LogP contribution in [0, 0.1) is 0 Å². The van der Waals surface area contributed by atoms with Gasteiger partial charge in [-0.1, -0.05) is 36.4 Å². The zero-order valence-electron chi connectivity index (χ0n) is 18.0. The van der Waals surface area contributed by atoms with Gasteiger partial charge in [0.15, 0.2) is 0 Å². The van der Waals surface area contributed by atoms with Crippen molar-refractivity contribution in [2.24, 2.45) is 0 Å². The Morgan fingerprint density at radius 3 is 2.81 bits per heavy atom. The van der Waals surface area contributed by atoms with Crippen molar-refractivity contribution in [1.82, 2.24) is 15.3 Å². The summed E-state index contributed by atoms with van der Waals surface area (Å²) in [5, 5.41) is 3.39. The number of benzene rings is 2. The van der Waals surface area contributed by atoms with Gasteiger partial charge in [-0.05, 0) is 56.0 Å². The molecule has 1 unspecified atom stereocenters. The van der Waals surface area contributed by atoms with E-state index in [0.717, 1.165) is 67.2 Å². The van der Waals surface area contributed by atoms with Gasteiger partial charge in [0, 0.05) is 30.3 Å². The lowest BCUT2D eigenvalue weighted by atomic mass is 10.0. The monoisotopic (exact) mass is 415 g/mol. The molecule has 1 atom stereocenters. The van der Waals surface area contributed by atoms with Crippen molar-refractivity contribution < 1.29 is 4.74 Å². The fourth-order valence-corrected chi connectivity index (χ4v) is 4.67. The van der Waals surface area contributed by atoms with Gasteiger partial charge in [0.2, 0.25) is 5.95 Å². The van der Waals surface area contributed by atoms with Crippen LogP contribution in [0.5, 0.6) is 5.75 Å². The molecule has 0 radical (unpaired) electrons. The maximum absolute atomic E-state index is 6.20. The highest BCUT2D eigenvalue weighted by Gasteiger charge is 2.28. The Balaban J connectivity index is 1.50. The number of nitrogens with one attached hydrogen (secondary N) is 1. The van der Waals surface area contributed by atoms with Crippen molar-refractivity contribution in [2.75, 3.05) is 30.8 Å². The topological polar surface area (TPSA) is 76.3 Å². The molecule has 1 saturated heterocycles. The van der Waals surface area contributed by atoms with Crippen LogP contribution >= 0.6 is 0 Å². The first kappa shape index (κ1) is 19.8. The van der Waals surface area contributed by atoms with Gasteiger partial charge in [0.1, 0.15) is 18.2 Å². The molecule has 2 heterocycles. The summed E-state index contributed by atoms with van der Waals surface area (Å²) in [5.41, 5.74) is 12.0. The van der Waals surface area contributed by atoms with Crippen molar-refractivity contribution in [1.29, 1.82) is 0 Å². The van der Waals surface area contributed by atoms with E-state index in [4.69, 9.17) is 15.5 Å². The van der Waals surface area contributed by atoms with Gasteiger partial charge in [0.05, 0.1) is 5.69 Å². The molecule has 31 heavy (non-hydrogen) atoms. The van der Waals surface area contributed by atoms with E-state index in [1.54, 1.807) is 0 Å². The number of fused-ring (bicyclic) bond motifs is 3. The molecule has 6 heteroatoms. The fraction of sp³-hybridized carbons (Fsp3) is 0.360. The summed E-state index contributed by atoms with van der Waals surface area (Å²) in [6, 6.07) is 17.1. The van der Waals surface area contributed by atoms with Crippen molar-refractivity contribution in [3.05, 3.63) is 65.2 Å². The molecule has 6 nitrogen and oxygen atoms in total.